The van der Waals surface area contributed by atoms with Gasteiger partial charge in [-0.15, -0.1) is 11.8 Å². The third-order valence-electron chi connectivity index (χ3n) is 1.55. The second kappa shape index (κ2) is 4.45. The van der Waals surface area contributed by atoms with E-state index < -0.39 is 11.9 Å². The third-order valence-corrected chi connectivity index (χ3v) is 2.60. The minimum atomic E-state index is -4.20. The Labute approximate surface area is 88.9 Å². The van der Waals surface area contributed by atoms with Crippen LogP contribution in [0.25, 0.3) is 0 Å². The number of rotatable bonds is 2. The lowest BCUT2D eigenvalue weighted by Crippen LogP contribution is -2.10. The molecule has 80 valence electrons. The van der Waals surface area contributed by atoms with Crippen LogP contribution in [0.5, 0.6) is 0 Å². The average Bonchev–Trinajstić information content (AvgIpc) is 2.14. The summed E-state index contributed by atoms with van der Waals surface area (Å²) < 4.78 is 35.6. The van der Waals surface area contributed by atoms with E-state index in [1.54, 1.807) is 0 Å². The number of halogens is 3. The zero-order valence-corrected chi connectivity index (χ0v) is 8.32. The van der Waals surface area contributed by atoms with Gasteiger partial charge < -0.3 is 5.73 Å². The van der Waals surface area contributed by atoms with Crippen LogP contribution in [-0.4, -0.2) is 11.9 Å². The van der Waals surface area contributed by atoms with E-state index in [0.717, 1.165) is 0 Å². The van der Waals surface area contributed by atoms with Gasteiger partial charge in [-0.1, -0.05) is 0 Å². The number of nitrogens with two attached hydrogens (primary N) is 1. The van der Waals surface area contributed by atoms with E-state index in [1.165, 1.54) is 18.2 Å². The van der Waals surface area contributed by atoms with E-state index in [-0.39, 0.29) is 11.3 Å². The van der Waals surface area contributed by atoms with Crippen LogP contribution in [0.4, 0.5) is 18.9 Å². The van der Waals surface area contributed by atoms with Gasteiger partial charge in [0.05, 0.1) is 17.0 Å². The Kier molecular flexibility index (Phi) is 3.48. The number of nitrogens with zero attached hydrogens (tertiary/aromatic N) is 1. The molecule has 0 heterocycles. The summed E-state index contributed by atoms with van der Waals surface area (Å²) in [5.74, 6) is -0.960. The van der Waals surface area contributed by atoms with Crippen LogP contribution in [0.1, 0.15) is 5.56 Å². The number of benzene rings is 1. The summed E-state index contributed by atoms with van der Waals surface area (Å²) in [4.78, 5) is 0.406. The lowest BCUT2D eigenvalue weighted by atomic mass is 10.2. The van der Waals surface area contributed by atoms with Crippen LogP contribution >= 0.6 is 11.8 Å². The Hall–Kier alpha value is -1.35. The molecular formula is C9H7F3N2S. The van der Waals surface area contributed by atoms with Crippen molar-refractivity contribution < 1.29 is 13.2 Å². The Morgan fingerprint density at radius 2 is 2.07 bits per heavy atom. The van der Waals surface area contributed by atoms with Gasteiger partial charge >= 0.3 is 6.18 Å². The molecule has 6 heteroatoms. The Morgan fingerprint density at radius 1 is 1.40 bits per heavy atom. The van der Waals surface area contributed by atoms with E-state index in [0.29, 0.717) is 16.7 Å². The van der Waals surface area contributed by atoms with Gasteiger partial charge in [-0.3, -0.25) is 0 Å². The van der Waals surface area contributed by atoms with E-state index in [9.17, 15) is 13.2 Å². The van der Waals surface area contributed by atoms with Gasteiger partial charge in [0.2, 0.25) is 0 Å². The standard InChI is InChI=1S/C9H7F3N2S/c10-9(11,12)5-15-7-2-1-6(4-13)8(14)3-7/h1-3H,5,14H2. The maximum absolute atomic E-state index is 11.9. The quantitative estimate of drug-likeness (QED) is 0.630. The maximum atomic E-state index is 11.9. The molecule has 1 aromatic rings. The van der Waals surface area contributed by atoms with Gasteiger partial charge in [0, 0.05) is 4.90 Å². The maximum Gasteiger partial charge on any atom is 0.398 e. The van der Waals surface area contributed by atoms with Crippen molar-refractivity contribution in [2.45, 2.75) is 11.1 Å². The highest BCUT2D eigenvalue weighted by Gasteiger charge is 2.27. The molecule has 0 unspecified atom stereocenters. The zero-order chi connectivity index (χ0) is 11.5. The fourth-order valence-corrected chi connectivity index (χ4v) is 1.60. The SMILES string of the molecule is N#Cc1ccc(SCC(F)(F)F)cc1N. The van der Waals surface area contributed by atoms with Gasteiger partial charge in [-0.25, -0.2) is 0 Å². The molecule has 0 aliphatic carbocycles. The summed E-state index contributed by atoms with van der Waals surface area (Å²) in [6.07, 6.45) is -4.20. The van der Waals surface area contributed by atoms with Gasteiger partial charge in [0.15, 0.2) is 0 Å². The van der Waals surface area contributed by atoms with Gasteiger partial charge in [-0.05, 0) is 18.2 Å². The highest BCUT2D eigenvalue weighted by Crippen LogP contribution is 2.28. The van der Waals surface area contributed by atoms with Gasteiger partial charge in [0.25, 0.3) is 0 Å². The van der Waals surface area contributed by atoms with Crippen LogP contribution in [0.2, 0.25) is 0 Å². The Bertz CT molecular complexity index is 395. The van der Waals surface area contributed by atoms with Crippen LogP contribution in [0.3, 0.4) is 0 Å². The summed E-state index contributed by atoms with van der Waals surface area (Å²) in [5.41, 5.74) is 5.92. The molecule has 0 saturated heterocycles. The summed E-state index contributed by atoms with van der Waals surface area (Å²) in [5, 5.41) is 8.55. The highest BCUT2D eigenvalue weighted by molar-refractivity contribution is 7.99. The number of anilines is 1. The van der Waals surface area contributed by atoms with Crippen molar-refractivity contribution in [1.82, 2.24) is 0 Å². The van der Waals surface area contributed by atoms with Gasteiger partial charge in [0.1, 0.15) is 6.07 Å². The molecule has 0 radical (unpaired) electrons. The predicted molar refractivity (Wildman–Crippen MR) is 52.3 cm³/mol. The van der Waals surface area contributed by atoms with Crippen LogP contribution < -0.4 is 5.73 Å². The van der Waals surface area contributed by atoms with Crippen molar-refractivity contribution in [2.75, 3.05) is 11.5 Å². The van der Waals surface area contributed by atoms with Crippen LogP contribution in [0.15, 0.2) is 23.1 Å². The highest BCUT2D eigenvalue weighted by atomic mass is 32.2. The molecule has 1 aromatic carbocycles. The number of nitriles is 1. The number of alkyl halides is 3. The molecule has 0 atom stereocenters. The summed E-state index contributed by atoms with van der Waals surface area (Å²) >= 11 is 0.646. The molecule has 2 nitrogen and oxygen atoms in total. The Morgan fingerprint density at radius 3 is 2.53 bits per heavy atom. The predicted octanol–water partition coefficient (Wildman–Crippen LogP) is 2.79. The normalized spacial score (nSPS) is 11.1. The van der Waals surface area contributed by atoms with Crippen LogP contribution in [-0.2, 0) is 0 Å². The molecule has 0 aromatic heterocycles. The first kappa shape index (κ1) is 11.7. The first-order valence-electron chi connectivity index (χ1n) is 3.91. The molecule has 15 heavy (non-hydrogen) atoms. The fourth-order valence-electron chi connectivity index (χ4n) is 0.898. The minimum Gasteiger partial charge on any atom is -0.398 e. The first-order valence-corrected chi connectivity index (χ1v) is 4.90. The number of nitrogen functional groups attached to an aromatic ring is 1. The second-order valence-corrected chi connectivity index (χ2v) is 3.81. The van der Waals surface area contributed by atoms with Crippen molar-refractivity contribution in [2.24, 2.45) is 0 Å². The van der Waals surface area contributed by atoms with Crippen LogP contribution in [0, 0.1) is 11.3 Å². The molecular weight excluding hydrogens is 225 g/mol. The lowest BCUT2D eigenvalue weighted by molar-refractivity contribution is -0.105. The first-order chi connectivity index (χ1) is 6.92. The van der Waals surface area contributed by atoms with Crippen molar-refractivity contribution in [1.29, 1.82) is 5.26 Å². The summed E-state index contributed by atoms with van der Waals surface area (Å²) in [7, 11) is 0. The molecule has 0 saturated carbocycles. The monoisotopic (exact) mass is 232 g/mol. The number of hydrogen-bond acceptors (Lipinski definition) is 3. The third kappa shape index (κ3) is 3.72. The number of thioether (sulfide) groups is 1. The van der Waals surface area contributed by atoms with Gasteiger partial charge in [-0.2, -0.15) is 18.4 Å². The largest absolute Gasteiger partial charge is 0.398 e. The average molecular weight is 232 g/mol. The van der Waals surface area contributed by atoms with E-state index >= 15 is 0 Å². The van der Waals surface area contributed by atoms with Crippen molar-refractivity contribution in [3.63, 3.8) is 0 Å². The Balaban J connectivity index is 2.73. The second-order valence-electron chi connectivity index (χ2n) is 2.76. The van der Waals surface area contributed by atoms with E-state index in [4.69, 9.17) is 11.0 Å². The summed E-state index contributed by atoms with van der Waals surface area (Å²) in [6.45, 7) is 0. The van der Waals surface area contributed by atoms with Crippen molar-refractivity contribution in [3.05, 3.63) is 23.8 Å². The minimum absolute atomic E-state index is 0.199. The molecule has 0 amide bonds. The summed E-state index contributed by atoms with van der Waals surface area (Å²) in [6, 6.07) is 6.07. The molecule has 0 aliphatic heterocycles. The van der Waals surface area contributed by atoms with Crippen molar-refractivity contribution in [3.8, 4) is 6.07 Å². The molecule has 0 fully saturated rings. The molecule has 0 bridgehead atoms. The van der Waals surface area contributed by atoms with E-state index in [1.807, 2.05) is 6.07 Å². The van der Waals surface area contributed by atoms with E-state index in [2.05, 4.69) is 0 Å². The topological polar surface area (TPSA) is 49.8 Å². The van der Waals surface area contributed by atoms with Crippen molar-refractivity contribution >= 4 is 17.4 Å². The molecule has 2 N–H and O–H groups in total. The fraction of sp³-hybridized carbons (Fsp3) is 0.222. The number of hydrogen-bond donors (Lipinski definition) is 1. The smallest absolute Gasteiger partial charge is 0.398 e. The molecule has 0 spiro atoms. The molecule has 0 aliphatic rings. The lowest BCUT2D eigenvalue weighted by Gasteiger charge is -2.06. The zero-order valence-electron chi connectivity index (χ0n) is 7.51. The molecule has 1 rings (SSSR count).